The van der Waals surface area contributed by atoms with Gasteiger partial charge in [-0.1, -0.05) is 0 Å². The maximum atomic E-state index is 13.1. The summed E-state index contributed by atoms with van der Waals surface area (Å²) in [5, 5.41) is 2.89. The minimum atomic E-state index is -0.454. The lowest BCUT2D eigenvalue weighted by Crippen LogP contribution is -2.36. The van der Waals surface area contributed by atoms with Crippen LogP contribution >= 0.6 is 0 Å². The Labute approximate surface area is 198 Å². The highest BCUT2D eigenvalue weighted by Crippen LogP contribution is 2.27. The Morgan fingerprint density at radius 1 is 1.21 bits per heavy atom. The van der Waals surface area contributed by atoms with Crippen molar-refractivity contribution < 1.29 is 14.3 Å². The Balaban J connectivity index is 1.50. The number of amides is 1. The largest absolute Gasteiger partial charge is 0.494 e. The van der Waals surface area contributed by atoms with E-state index in [1.54, 1.807) is 18.6 Å². The van der Waals surface area contributed by atoms with Crippen LogP contribution in [0.5, 0.6) is 5.75 Å². The van der Waals surface area contributed by atoms with Gasteiger partial charge in [0, 0.05) is 30.9 Å². The number of nitrogens with two attached hydrogens (primary N) is 2. The van der Waals surface area contributed by atoms with Gasteiger partial charge in [-0.05, 0) is 43.7 Å². The minimum Gasteiger partial charge on any atom is -0.494 e. The number of ether oxygens (including phenoxy) is 2. The first-order chi connectivity index (χ1) is 16.5. The van der Waals surface area contributed by atoms with E-state index in [4.69, 9.17) is 20.9 Å². The van der Waals surface area contributed by atoms with E-state index in [9.17, 15) is 4.79 Å². The van der Waals surface area contributed by atoms with Gasteiger partial charge < -0.3 is 31.2 Å². The number of benzene rings is 1. The molecule has 1 amide bonds. The fraction of sp³-hybridized carbons (Fsp3) is 0.333. The van der Waals surface area contributed by atoms with Gasteiger partial charge in [0.25, 0.3) is 5.91 Å². The molecule has 0 bridgehead atoms. The summed E-state index contributed by atoms with van der Waals surface area (Å²) in [6.45, 7) is 5.21. The van der Waals surface area contributed by atoms with Crippen molar-refractivity contribution in [2.45, 2.75) is 19.4 Å². The van der Waals surface area contributed by atoms with Crippen LogP contribution in [0.25, 0.3) is 11.3 Å². The molecule has 178 valence electrons. The Morgan fingerprint density at radius 2 is 1.97 bits per heavy atom. The molecule has 0 radical (unpaired) electrons. The van der Waals surface area contributed by atoms with Gasteiger partial charge in [-0.15, -0.1) is 0 Å². The van der Waals surface area contributed by atoms with Crippen LogP contribution in [0.2, 0.25) is 0 Å². The van der Waals surface area contributed by atoms with Gasteiger partial charge in [0.2, 0.25) is 0 Å². The standard InChI is InChI=1S/C24H29N7O3/c1-16(25)7-11-34-18-4-2-17(3-5-18)19-15-28-23(26)22(29-19)24(32)30-20-14-27-8-6-21(20)31-9-12-33-13-10-31/h2-6,8,14-16H,7,9-13,25H2,1H3,(H2,26,28)(H,30,32)/t16-/m1/s1. The zero-order chi connectivity index (χ0) is 23.9. The predicted octanol–water partition coefficient (Wildman–Crippen LogP) is 2.33. The molecule has 0 aliphatic carbocycles. The smallest absolute Gasteiger partial charge is 0.278 e. The zero-order valence-electron chi connectivity index (χ0n) is 19.1. The number of hydrogen-bond donors (Lipinski definition) is 3. The molecule has 1 fully saturated rings. The van der Waals surface area contributed by atoms with Crippen molar-refractivity contribution in [3.63, 3.8) is 0 Å². The molecular formula is C24H29N7O3. The maximum Gasteiger partial charge on any atom is 0.278 e. The van der Waals surface area contributed by atoms with E-state index in [2.05, 4.69) is 25.2 Å². The lowest BCUT2D eigenvalue weighted by atomic mass is 10.1. The second kappa shape index (κ2) is 10.9. The normalized spacial score (nSPS) is 14.5. The van der Waals surface area contributed by atoms with E-state index in [0.29, 0.717) is 31.2 Å². The third-order valence-corrected chi connectivity index (χ3v) is 5.41. The number of carbonyl (C=O) groups excluding carboxylic acids is 1. The van der Waals surface area contributed by atoms with Crippen molar-refractivity contribution in [3.05, 3.63) is 54.6 Å². The first-order valence-electron chi connectivity index (χ1n) is 11.2. The quantitative estimate of drug-likeness (QED) is 0.459. The summed E-state index contributed by atoms with van der Waals surface area (Å²) in [6, 6.07) is 9.37. The van der Waals surface area contributed by atoms with Crippen LogP contribution in [0, 0.1) is 0 Å². The predicted molar refractivity (Wildman–Crippen MR) is 131 cm³/mol. The number of pyridine rings is 1. The summed E-state index contributed by atoms with van der Waals surface area (Å²) in [6.07, 6.45) is 5.62. The van der Waals surface area contributed by atoms with Gasteiger partial charge in [0.15, 0.2) is 11.5 Å². The van der Waals surface area contributed by atoms with Crippen molar-refractivity contribution in [2.75, 3.05) is 48.9 Å². The van der Waals surface area contributed by atoms with E-state index >= 15 is 0 Å². The van der Waals surface area contributed by atoms with Crippen molar-refractivity contribution in [2.24, 2.45) is 5.73 Å². The van der Waals surface area contributed by atoms with Crippen molar-refractivity contribution in [1.82, 2.24) is 15.0 Å². The van der Waals surface area contributed by atoms with Crippen LogP contribution in [0.3, 0.4) is 0 Å². The summed E-state index contributed by atoms with van der Waals surface area (Å²) in [5.74, 6) is 0.331. The second-order valence-corrected chi connectivity index (χ2v) is 8.07. The third kappa shape index (κ3) is 5.77. The molecule has 1 aliphatic heterocycles. The maximum absolute atomic E-state index is 13.1. The highest BCUT2D eigenvalue weighted by Gasteiger charge is 2.19. The highest BCUT2D eigenvalue weighted by atomic mass is 16.5. The molecule has 2 aromatic heterocycles. The molecule has 0 unspecified atom stereocenters. The van der Waals surface area contributed by atoms with Crippen molar-refractivity contribution in [3.8, 4) is 17.0 Å². The van der Waals surface area contributed by atoms with Crippen LogP contribution in [-0.2, 0) is 4.74 Å². The molecule has 3 aromatic rings. The summed E-state index contributed by atoms with van der Waals surface area (Å²) in [7, 11) is 0. The van der Waals surface area contributed by atoms with E-state index < -0.39 is 5.91 Å². The van der Waals surface area contributed by atoms with Gasteiger partial charge in [-0.25, -0.2) is 9.97 Å². The fourth-order valence-electron chi connectivity index (χ4n) is 3.53. The van der Waals surface area contributed by atoms with Gasteiger partial charge >= 0.3 is 0 Å². The van der Waals surface area contributed by atoms with Crippen LogP contribution in [0.1, 0.15) is 23.8 Å². The first kappa shape index (κ1) is 23.4. The number of nitrogen functional groups attached to an aromatic ring is 1. The fourth-order valence-corrected chi connectivity index (χ4v) is 3.53. The molecule has 1 atom stereocenters. The minimum absolute atomic E-state index is 0.0477. The molecule has 3 heterocycles. The van der Waals surface area contributed by atoms with E-state index in [0.717, 1.165) is 36.5 Å². The average Bonchev–Trinajstić information content (AvgIpc) is 2.85. The van der Waals surface area contributed by atoms with Crippen LogP contribution in [0.4, 0.5) is 17.2 Å². The van der Waals surface area contributed by atoms with Crippen molar-refractivity contribution >= 4 is 23.1 Å². The third-order valence-electron chi connectivity index (χ3n) is 5.41. The summed E-state index contributed by atoms with van der Waals surface area (Å²) in [5.41, 5.74) is 14.6. The first-order valence-corrected chi connectivity index (χ1v) is 11.2. The summed E-state index contributed by atoms with van der Waals surface area (Å²) >= 11 is 0. The van der Waals surface area contributed by atoms with Crippen LogP contribution < -0.4 is 26.4 Å². The average molecular weight is 464 g/mol. The molecule has 1 aliphatic rings. The van der Waals surface area contributed by atoms with Gasteiger partial charge in [0.1, 0.15) is 5.75 Å². The molecule has 0 saturated carbocycles. The number of aromatic nitrogens is 3. The van der Waals surface area contributed by atoms with Gasteiger partial charge in [-0.2, -0.15) is 0 Å². The molecule has 0 spiro atoms. The lowest BCUT2D eigenvalue weighted by Gasteiger charge is -2.30. The summed E-state index contributed by atoms with van der Waals surface area (Å²) < 4.78 is 11.1. The number of nitrogens with one attached hydrogen (secondary N) is 1. The van der Waals surface area contributed by atoms with E-state index in [1.165, 1.54) is 0 Å². The topological polar surface area (TPSA) is 142 Å². The Hall–Kier alpha value is -3.76. The molecule has 10 nitrogen and oxygen atoms in total. The Bertz CT molecular complexity index is 1120. The molecule has 34 heavy (non-hydrogen) atoms. The lowest BCUT2D eigenvalue weighted by molar-refractivity contribution is 0.102. The second-order valence-electron chi connectivity index (χ2n) is 8.07. The molecule has 10 heteroatoms. The number of rotatable bonds is 8. The monoisotopic (exact) mass is 463 g/mol. The molecule has 5 N–H and O–H groups in total. The molecule has 1 saturated heterocycles. The molecular weight excluding hydrogens is 434 g/mol. The number of anilines is 3. The van der Waals surface area contributed by atoms with E-state index in [1.807, 2.05) is 37.3 Å². The number of morpholine rings is 1. The summed E-state index contributed by atoms with van der Waals surface area (Å²) in [4.78, 5) is 28.1. The van der Waals surface area contributed by atoms with Gasteiger partial charge in [-0.3, -0.25) is 9.78 Å². The number of carbonyl (C=O) groups is 1. The number of nitrogens with zero attached hydrogens (tertiary/aromatic N) is 4. The van der Waals surface area contributed by atoms with Gasteiger partial charge in [0.05, 0.1) is 49.3 Å². The molecule has 1 aromatic carbocycles. The van der Waals surface area contributed by atoms with Crippen LogP contribution in [-0.4, -0.2) is 59.8 Å². The van der Waals surface area contributed by atoms with Crippen molar-refractivity contribution in [1.29, 1.82) is 0 Å². The number of hydrogen-bond acceptors (Lipinski definition) is 9. The Morgan fingerprint density at radius 3 is 2.71 bits per heavy atom. The van der Waals surface area contributed by atoms with E-state index in [-0.39, 0.29) is 17.6 Å². The zero-order valence-corrected chi connectivity index (χ0v) is 19.1. The molecule has 4 rings (SSSR count). The highest BCUT2D eigenvalue weighted by molar-refractivity contribution is 6.07. The van der Waals surface area contributed by atoms with Crippen LogP contribution in [0.15, 0.2) is 48.9 Å². The SMILES string of the molecule is C[C@@H](N)CCOc1ccc(-c2cnc(N)c(C(=O)Nc3cnccc3N3CCOCC3)n2)cc1. The Kier molecular flexibility index (Phi) is 7.51.